The van der Waals surface area contributed by atoms with Gasteiger partial charge in [-0.2, -0.15) is 12.7 Å². The smallest absolute Gasteiger partial charge is 0.424 e. The van der Waals surface area contributed by atoms with Crippen LogP contribution in [0.5, 0.6) is 0 Å². The first-order chi connectivity index (χ1) is 12.6. The number of nitrogens with two attached hydrogens (primary N) is 1. The highest BCUT2D eigenvalue weighted by Crippen LogP contribution is 2.29. The van der Waals surface area contributed by atoms with E-state index < -0.39 is 35.0 Å². The van der Waals surface area contributed by atoms with E-state index in [9.17, 15) is 22.8 Å². The molecule has 1 aliphatic heterocycles. The topological polar surface area (TPSA) is 136 Å². The third kappa shape index (κ3) is 7.23. The minimum Gasteiger partial charge on any atom is -0.445 e. The van der Waals surface area contributed by atoms with Gasteiger partial charge in [-0.05, 0) is 6.42 Å². The van der Waals surface area contributed by atoms with Gasteiger partial charge in [-0.1, -0.05) is 37.1 Å². The van der Waals surface area contributed by atoms with Gasteiger partial charge in [0.05, 0.1) is 12.6 Å². The number of hydrogen-bond acceptors (Lipinski definition) is 8. The van der Waals surface area contributed by atoms with Gasteiger partial charge in [0.25, 0.3) is 0 Å². The Balaban J connectivity index is 3.01. The normalized spacial score (nSPS) is 19.3. The van der Waals surface area contributed by atoms with Crippen LogP contribution in [0.25, 0.3) is 0 Å². The zero-order chi connectivity index (χ0) is 20.6. The summed E-state index contributed by atoms with van der Waals surface area (Å²) in [6.45, 7) is 7.70. The first-order valence-corrected chi connectivity index (χ1v) is 10.3. The molecule has 0 unspecified atom stereocenters. The Morgan fingerprint density at radius 3 is 2.37 bits per heavy atom. The molecular formula is C15H23N3O7S2. The highest BCUT2D eigenvalue weighted by atomic mass is 32.2. The van der Waals surface area contributed by atoms with Gasteiger partial charge in [-0.25, -0.2) is 14.7 Å². The lowest BCUT2D eigenvalue weighted by molar-refractivity contribution is -0.109. The number of thioether (sulfide) groups is 1. The molecule has 1 saturated heterocycles. The molecule has 1 heterocycles. The van der Waals surface area contributed by atoms with Gasteiger partial charge in [-0.15, -0.1) is 0 Å². The third-order valence-corrected chi connectivity index (χ3v) is 5.40. The lowest BCUT2D eigenvalue weighted by Crippen LogP contribution is -2.49. The fourth-order valence-corrected chi connectivity index (χ4v) is 4.14. The van der Waals surface area contributed by atoms with Crippen molar-refractivity contribution in [2.45, 2.75) is 24.6 Å². The van der Waals surface area contributed by atoms with Crippen LogP contribution in [0, 0.1) is 0 Å². The van der Waals surface area contributed by atoms with E-state index in [0.29, 0.717) is 4.31 Å². The molecular weight excluding hydrogens is 398 g/mol. The van der Waals surface area contributed by atoms with E-state index >= 15 is 0 Å². The van der Waals surface area contributed by atoms with Crippen LogP contribution in [-0.2, 0) is 24.5 Å². The Bertz CT molecular complexity index is 696. The van der Waals surface area contributed by atoms with Crippen LogP contribution in [-0.4, -0.2) is 72.5 Å². The SMILES string of the molecule is C=CCOC(=O)N1C[C@@H](SC(C)=O)C[C@H]1CN(C(=O)OCC=C)S(N)(=O)=O. The Kier molecular flexibility index (Phi) is 8.79. The molecule has 152 valence electrons. The summed E-state index contributed by atoms with van der Waals surface area (Å²) < 4.78 is 33.7. The van der Waals surface area contributed by atoms with Crippen LogP contribution in [0.2, 0.25) is 0 Å². The van der Waals surface area contributed by atoms with Gasteiger partial charge in [-0.3, -0.25) is 4.79 Å². The molecule has 1 aliphatic rings. The number of ether oxygens (including phenoxy) is 2. The summed E-state index contributed by atoms with van der Waals surface area (Å²) in [6, 6.07) is -0.728. The van der Waals surface area contributed by atoms with Crippen LogP contribution in [0.3, 0.4) is 0 Å². The highest BCUT2D eigenvalue weighted by molar-refractivity contribution is 8.14. The molecule has 12 heteroatoms. The molecule has 10 nitrogen and oxygen atoms in total. The molecule has 2 atom stereocenters. The van der Waals surface area contributed by atoms with E-state index in [1.807, 2.05) is 0 Å². The van der Waals surface area contributed by atoms with Crippen molar-refractivity contribution < 1.29 is 32.3 Å². The van der Waals surface area contributed by atoms with Crippen molar-refractivity contribution in [3.05, 3.63) is 25.3 Å². The van der Waals surface area contributed by atoms with Gasteiger partial charge in [0.15, 0.2) is 5.12 Å². The van der Waals surface area contributed by atoms with Gasteiger partial charge in [0.1, 0.15) is 13.2 Å². The molecule has 0 aromatic carbocycles. The lowest BCUT2D eigenvalue weighted by atomic mass is 10.2. The predicted octanol–water partition coefficient (Wildman–Crippen LogP) is 0.860. The molecule has 0 spiro atoms. The quantitative estimate of drug-likeness (QED) is 0.570. The van der Waals surface area contributed by atoms with Crippen molar-refractivity contribution >= 4 is 39.3 Å². The second-order valence-corrected chi connectivity index (χ2v) is 8.53. The minimum absolute atomic E-state index is 0.0349. The molecule has 27 heavy (non-hydrogen) atoms. The Labute approximate surface area is 162 Å². The van der Waals surface area contributed by atoms with Crippen LogP contribution < -0.4 is 5.14 Å². The molecule has 1 rings (SSSR count). The summed E-state index contributed by atoms with van der Waals surface area (Å²) in [5, 5.41) is 4.70. The maximum absolute atomic E-state index is 12.3. The van der Waals surface area contributed by atoms with Gasteiger partial charge in [0.2, 0.25) is 0 Å². The van der Waals surface area contributed by atoms with E-state index in [0.717, 1.165) is 11.8 Å². The minimum atomic E-state index is -4.43. The van der Waals surface area contributed by atoms with Gasteiger partial charge in [0, 0.05) is 18.7 Å². The highest BCUT2D eigenvalue weighted by Gasteiger charge is 2.41. The van der Waals surface area contributed by atoms with Crippen molar-refractivity contribution in [1.29, 1.82) is 0 Å². The van der Waals surface area contributed by atoms with Gasteiger partial charge < -0.3 is 14.4 Å². The Morgan fingerprint density at radius 1 is 1.26 bits per heavy atom. The molecule has 0 saturated carbocycles. The van der Waals surface area contributed by atoms with Crippen molar-refractivity contribution in [3.8, 4) is 0 Å². The monoisotopic (exact) mass is 421 g/mol. The zero-order valence-corrected chi connectivity index (χ0v) is 16.5. The second-order valence-electron chi connectivity index (χ2n) is 5.58. The number of amides is 2. The first kappa shape index (κ1) is 23.0. The third-order valence-electron chi connectivity index (χ3n) is 3.48. The van der Waals surface area contributed by atoms with E-state index in [4.69, 9.17) is 14.6 Å². The number of carbonyl (C=O) groups excluding carboxylic acids is 3. The van der Waals surface area contributed by atoms with Crippen molar-refractivity contribution in [2.24, 2.45) is 5.14 Å². The number of hydrogen-bond donors (Lipinski definition) is 1. The summed E-state index contributed by atoms with van der Waals surface area (Å²) in [5.74, 6) is 0. The van der Waals surface area contributed by atoms with E-state index in [1.165, 1.54) is 24.0 Å². The van der Waals surface area contributed by atoms with E-state index in [-0.39, 0.29) is 36.5 Å². The second kappa shape index (κ2) is 10.3. The summed E-state index contributed by atoms with van der Waals surface area (Å²) in [4.78, 5) is 36.9. The van der Waals surface area contributed by atoms with Crippen molar-refractivity contribution in [3.63, 3.8) is 0 Å². The molecule has 1 fully saturated rings. The Hall–Kier alpha value is -2.05. The maximum atomic E-state index is 12.3. The average Bonchev–Trinajstić information content (AvgIpc) is 2.96. The molecule has 0 bridgehead atoms. The van der Waals surface area contributed by atoms with Crippen LogP contribution in [0.1, 0.15) is 13.3 Å². The number of rotatable bonds is 8. The van der Waals surface area contributed by atoms with E-state index in [1.54, 1.807) is 0 Å². The Morgan fingerprint density at radius 2 is 1.85 bits per heavy atom. The fourth-order valence-electron chi connectivity index (χ4n) is 2.48. The summed E-state index contributed by atoms with van der Waals surface area (Å²) in [5.41, 5.74) is 0. The fraction of sp³-hybridized carbons (Fsp3) is 0.533. The maximum Gasteiger partial charge on any atom is 0.424 e. The van der Waals surface area contributed by atoms with Crippen LogP contribution >= 0.6 is 11.8 Å². The summed E-state index contributed by atoms with van der Waals surface area (Å²) in [6.07, 6.45) is 1.04. The van der Waals surface area contributed by atoms with Crippen molar-refractivity contribution in [2.75, 3.05) is 26.3 Å². The van der Waals surface area contributed by atoms with E-state index in [2.05, 4.69) is 13.2 Å². The van der Waals surface area contributed by atoms with Gasteiger partial charge >= 0.3 is 22.4 Å². The largest absolute Gasteiger partial charge is 0.445 e. The number of likely N-dealkylation sites (tertiary alicyclic amines) is 1. The lowest BCUT2D eigenvalue weighted by Gasteiger charge is -2.28. The molecule has 2 amide bonds. The standard InChI is InChI=1S/C15H23N3O7S2/c1-4-6-24-14(20)17-10-13(26-11(3)19)8-12(17)9-18(27(16,22)23)15(21)25-7-5-2/h4-5,12-13H,1-2,6-10H2,3H3,(H2,16,22,23)/t12-,13-/m0/s1. The summed E-state index contributed by atoms with van der Waals surface area (Å²) in [7, 11) is -4.43. The molecule has 0 aromatic rings. The summed E-state index contributed by atoms with van der Waals surface area (Å²) >= 11 is 1.03. The molecule has 0 aromatic heterocycles. The zero-order valence-electron chi connectivity index (χ0n) is 14.9. The predicted molar refractivity (Wildman–Crippen MR) is 100 cm³/mol. The number of carbonyl (C=O) groups is 3. The molecule has 0 aliphatic carbocycles. The molecule has 2 N–H and O–H groups in total. The number of nitrogens with zero attached hydrogens (tertiary/aromatic N) is 2. The first-order valence-electron chi connectivity index (χ1n) is 7.89. The average molecular weight is 421 g/mol. The van der Waals surface area contributed by atoms with Crippen molar-refractivity contribution in [1.82, 2.24) is 9.21 Å². The molecule has 0 radical (unpaired) electrons. The van der Waals surface area contributed by atoms with Crippen LogP contribution in [0.15, 0.2) is 25.3 Å². The van der Waals surface area contributed by atoms with Crippen LogP contribution in [0.4, 0.5) is 9.59 Å².